The number of rotatable bonds is 5. The number of benzene rings is 2. The fraction of sp³-hybridized carbons (Fsp3) is 0.188. The van der Waals surface area contributed by atoms with Crippen molar-refractivity contribution >= 4 is 33.3 Å². The predicted octanol–water partition coefficient (Wildman–Crippen LogP) is 4.74. The van der Waals surface area contributed by atoms with Gasteiger partial charge < -0.3 is 9.47 Å². The van der Waals surface area contributed by atoms with Gasteiger partial charge in [0.1, 0.15) is 11.5 Å². The van der Waals surface area contributed by atoms with Gasteiger partial charge in [0.15, 0.2) is 0 Å². The first-order chi connectivity index (χ1) is 10.1. The maximum atomic E-state index is 12.8. The van der Waals surface area contributed by atoms with E-state index in [2.05, 4.69) is 15.9 Å². The molecule has 0 aromatic heterocycles. The third kappa shape index (κ3) is 3.57. The van der Waals surface area contributed by atoms with Crippen molar-refractivity contribution in [2.45, 2.75) is 6.92 Å². The Labute approximate surface area is 137 Å². The minimum absolute atomic E-state index is 0.173. The Balaban J connectivity index is 2.51. The van der Waals surface area contributed by atoms with Crippen molar-refractivity contribution in [3.63, 3.8) is 0 Å². The lowest BCUT2D eigenvalue weighted by molar-refractivity contribution is 0.103. The Bertz CT molecular complexity index is 671. The second-order valence-corrected chi connectivity index (χ2v) is 5.60. The fourth-order valence-electron chi connectivity index (χ4n) is 1.96. The maximum absolute atomic E-state index is 12.8. The zero-order valence-corrected chi connectivity index (χ0v) is 14.0. The predicted molar refractivity (Wildman–Crippen MR) is 86.7 cm³/mol. The Kier molecular flexibility index (Phi) is 5.26. The summed E-state index contributed by atoms with van der Waals surface area (Å²) in [5.41, 5.74) is 0.924. The number of hydrogen-bond donors (Lipinski definition) is 0. The van der Waals surface area contributed by atoms with Crippen LogP contribution in [0.2, 0.25) is 5.02 Å². The topological polar surface area (TPSA) is 35.5 Å². The van der Waals surface area contributed by atoms with Crippen LogP contribution >= 0.6 is 27.5 Å². The molecular formula is C16H14BrClO3. The van der Waals surface area contributed by atoms with Crippen LogP contribution in [-0.4, -0.2) is 19.5 Å². The van der Waals surface area contributed by atoms with Gasteiger partial charge in [-0.15, -0.1) is 0 Å². The fourth-order valence-corrected chi connectivity index (χ4v) is 2.48. The zero-order valence-electron chi connectivity index (χ0n) is 11.7. The number of hydrogen-bond acceptors (Lipinski definition) is 3. The molecule has 3 nitrogen and oxygen atoms in total. The smallest absolute Gasteiger partial charge is 0.200 e. The summed E-state index contributed by atoms with van der Waals surface area (Å²) < 4.78 is 11.6. The molecule has 0 fully saturated rings. The quantitative estimate of drug-likeness (QED) is 0.714. The lowest BCUT2D eigenvalue weighted by atomic mass is 10.0. The molecule has 0 heterocycles. The molecule has 2 rings (SSSR count). The molecule has 21 heavy (non-hydrogen) atoms. The highest BCUT2D eigenvalue weighted by Gasteiger charge is 2.19. The van der Waals surface area contributed by atoms with Crippen molar-refractivity contribution in [1.29, 1.82) is 0 Å². The lowest BCUT2D eigenvalue weighted by Crippen LogP contribution is -2.07. The molecule has 0 spiro atoms. The van der Waals surface area contributed by atoms with E-state index in [0.717, 1.165) is 4.47 Å². The summed E-state index contributed by atoms with van der Waals surface area (Å²) in [6, 6.07) is 10.3. The largest absolute Gasteiger partial charge is 0.496 e. The third-order valence-electron chi connectivity index (χ3n) is 2.89. The van der Waals surface area contributed by atoms with Crippen LogP contribution < -0.4 is 9.47 Å². The summed E-state index contributed by atoms with van der Waals surface area (Å²) >= 11 is 9.30. The van der Waals surface area contributed by atoms with E-state index in [1.807, 2.05) is 13.0 Å². The summed E-state index contributed by atoms with van der Waals surface area (Å²) in [4.78, 5) is 12.8. The molecule has 0 saturated carbocycles. The molecule has 0 aliphatic rings. The molecular weight excluding hydrogens is 356 g/mol. The second-order valence-electron chi connectivity index (χ2n) is 4.25. The standard InChI is InChI=1S/C16H14BrClO3/c1-3-21-14-7-4-10(17)8-13(14)16(19)12-6-5-11(18)9-15(12)20-2/h4-9H,3H2,1-2H3. The summed E-state index contributed by atoms with van der Waals surface area (Å²) in [5.74, 6) is 0.811. The van der Waals surface area contributed by atoms with Gasteiger partial charge in [0, 0.05) is 9.50 Å². The van der Waals surface area contributed by atoms with Crippen LogP contribution in [0.25, 0.3) is 0 Å². The molecule has 0 radical (unpaired) electrons. The van der Waals surface area contributed by atoms with Gasteiger partial charge in [-0.3, -0.25) is 4.79 Å². The first-order valence-electron chi connectivity index (χ1n) is 6.37. The van der Waals surface area contributed by atoms with Crippen molar-refractivity contribution in [3.8, 4) is 11.5 Å². The normalized spacial score (nSPS) is 10.3. The molecule has 0 N–H and O–H groups in total. The lowest BCUT2D eigenvalue weighted by Gasteiger charge is -2.12. The Morgan fingerprint density at radius 3 is 2.57 bits per heavy atom. The molecule has 5 heteroatoms. The van der Waals surface area contributed by atoms with E-state index in [4.69, 9.17) is 21.1 Å². The van der Waals surface area contributed by atoms with Crippen LogP contribution in [0.4, 0.5) is 0 Å². The first kappa shape index (κ1) is 15.9. The van der Waals surface area contributed by atoms with Gasteiger partial charge in [-0.2, -0.15) is 0 Å². The monoisotopic (exact) mass is 368 g/mol. The highest BCUT2D eigenvalue weighted by Crippen LogP contribution is 2.30. The van der Waals surface area contributed by atoms with Crippen LogP contribution in [0.5, 0.6) is 11.5 Å². The van der Waals surface area contributed by atoms with E-state index >= 15 is 0 Å². The number of ether oxygens (including phenoxy) is 2. The molecule has 2 aromatic rings. The third-order valence-corrected chi connectivity index (χ3v) is 3.62. The van der Waals surface area contributed by atoms with Crippen molar-refractivity contribution in [3.05, 3.63) is 57.0 Å². The van der Waals surface area contributed by atoms with E-state index in [1.165, 1.54) is 7.11 Å². The van der Waals surface area contributed by atoms with E-state index in [0.29, 0.717) is 34.3 Å². The van der Waals surface area contributed by atoms with Crippen LogP contribution in [-0.2, 0) is 0 Å². The van der Waals surface area contributed by atoms with E-state index in [-0.39, 0.29) is 5.78 Å². The Morgan fingerprint density at radius 1 is 1.14 bits per heavy atom. The van der Waals surface area contributed by atoms with Crippen LogP contribution in [0, 0.1) is 0 Å². The number of methoxy groups -OCH3 is 1. The number of carbonyl (C=O) groups excluding carboxylic acids is 1. The summed E-state index contributed by atoms with van der Waals surface area (Å²) in [6.45, 7) is 2.36. The minimum atomic E-state index is -0.173. The molecule has 2 aromatic carbocycles. The first-order valence-corrected chi connectivity index (χ1v) is 7.54. The van der Waals surface area contributed by atoms with Crippen molar-refractivity contribution < 1.29 is 14.3 Å². The molecule has 110 valence electrons. The van der Waals surface area contributed by atoms with Crippen molar-refractivity contribution in [1.82, 2.24) is 0 Å². The van der Waals surface area contributed by atoms with Gasteiger partial charge in [0.25, 0.3) is 0 Å². The molecule has 0 aliphatic carbocycles. The van der Waals surface area contributed by atoms with Crippen molar-refractivity contribution in [2.24, 2.45) is 0 Å². The van der Waals surface area contributed by atoms with Crippen LogP contribution in [0.1, 0.15) is 22.8 Å². The molecule has 0 aliphatic heterocycles. The number of ketones is 1. The van der Waals surface area contributed by atoms with E-state index < -0.39 is 0 Å². The molecule has 0 saturated heterocycles. The van der Waals surface area contributed by atoms with Crippen LogP contribution in [0.15, 0.2) is 40.9 Å². The number of halogens is 2. The second kappa shape index (κ2) is 6.96. The van der Waals surface area contributed by atoms with Crippen molar-refractivity contribution in [2.75, 3.05) is 13.7 Å². The Hall–Kier alpha value is -1.52. The van der Waals surface area contributed by atoms with Gasteiger partial charge in [0.2, 0.25) is 5.78 Å². The highest BCUT2D eigenvalue weighted by atomic mass is 79.9. The zero-order chi connectivity index (χ0) is 15.4. The number of carbonyl (C=O) groups is 1. The van der Waals surface area contributed by atoms with Gasteiger partial charge in [-0.25, -0.2) is 0 Å². The van der Waals surface area contributed by atoms with E-state index in [9.17, 15) is 4.79 Å². The average molecular weight is 370 g/mol. The maximum Gasteiger partial charge on any atom is 0.200 e. The van der Waals surface area contributed by atoms with Gasteiger partial charge in [-0.1, -0.05) is 27.5 Å². The molecule has 0 amide bonds. The molecule has 0 atom stereocenters. The molecule has 0 bridgehead atoms. The minimum Gasteiger partial charge on any atom is -0.496 e. The van der Waals surface area contributed by atoms with Crippen LogP contribution in [0.3, 0.4) is 0 Å². The summed E-state index contributed by atoms with van der Waals surface area (Å²) in [6.07, 6.45) is 0. The van der Waals surface area contributed by atoms with E-state index in [1.54, 1.807) is 30.3 Å². The summed E-state index contributed by atoms with van der Waals surface area (Å²) in [5, 5.41) is 0.516. The SMILES string of the molecule is CCOc1ccc(Br)cc1C(=O)c1ccc(Cl)cc1OC. The van der Waals surface area contributed by atoms with Gasteiger partial charge >= 0.3 is 0 Å². The highest BCUT2D eigenvalue weighted by molar-refractivity contribution is 9.10. The van der Waals surface area contributed by atoms with Gasteiger partial charge in [0.05, 0.1) is 24.8 Å². The average Bonchev–Trinajstić information content (AvgIpc) is 2.48. The molecule has 0 unspecified atom stereocenters. The summed E-state index contributed by atoms with van der Waals surface area (Å²) in [7, 11) is 1.51. The Morgan fingerprint density at radius 2 is 1.90 bits per heavy atom. The van der Waals surface area contributed by atoms with Gasteiger partial charge in [-0.05, 0) is 43.3 Å².